The Hall–Kier alpha value is -0.900. The van der Waals surface area contributed by atoms with E-state index in [0.29, 0.717) is 18.2 Å². The molecule has 1 aliphatic rings. The van der Waals surface area contributed by atoms with Gasteiger partial charge in [-0.3, -0.25) is 4.90 Å². The van der Waals surface area contributed by atoms with Gasteiger partial charge in [-0.2, -0.15) is 0 Å². The normalized spacial score (nSPS) is 25.6. The van der Waals surface area contributed by atoms with Crippen LogP contribution in [0.15, 0.2) is 18.2 Å². The van der Waals surface area contributed by atoms with Crippen molar-refractivity contribution in [1.29, 1.82) is 0 Å². The highest BCUT2D eigenvalue weighted by molar-refractivity contribution is 5.31. The third-order valence-corrected chi connectivity index (χ3v) is 4.22. The summed E-state index contributed by atoms with van der Waals surface area (Å²) in [6.07, 6.45) is 0.659. The van der Waals surface area contributed by atoms with E-state index in [1.165, 1.54) is 16.7 Å². The Balaban J connectivity index is 2.06. The van der Waals surface area contributed by atoms with E-state index in [1.54, 1.807) is 0 Å². The lowest BCUT2D eigenvalue weighted by molar-refractivity contribution is -0.0698. The molecular weight excluding hydrogens is 248 g/mol. The van der Waals surface area contributed by atoms with Crippen LogP contribution in [0.5, 0.6) is 0 Å². The molecule has 3 unspecified atom stereocenters. The van der Waals surface area contributed by atoms with Crippen molar-refractivity contribution in [2.45, 2.75) is 45.9 Å². The average molecular weight is 276 g/mol. The first-order valence-electron chi connectivity index (χ1n) is 7.61. The summed E-state index contributed by atoms with van der Waals surface area (Å²) in [7, 11) is 2.05. The summed E-state index contributed by atoms with van der Waals surface area (Å²) < 4.78 is 5.81. The molecule has 1 N–H and O–H groups in total. The summed E-state index contributed by atoms with van der Waals surface area (Å²) in [6, 6.07) is 7.16. The summed E-state index contributed by atoms with van der Waals surface area (Å²) in [5.74, 6) is 0. The van der Waals surface area contributed by atoms with Crippen molar-refractivity contribution < 1.29 is 4.74 Å². The van der Waals surface area contributed by atoms with Crippen LogP contribution in [0, 0.1) is 13.8 Å². The molecule has 2 rings (SSSR count). The third-order valence-electron chi connectivity index (χ3n) is 4.22. The smallest absolute Gasteiger partial charge is 0.0678 e. The SMILES string of the molecule is CNC(CN1CC(C)OC(C)C1)c1ccc(C)c(C)c1. The van der Waals surface area contributed by atoms with Crippen LogP contribution in [0.25, 0.3) is 0 Å². The van der Waals surface area contributed by atoms with Gasteiger partial charge in [0, 0.05) is 25.7 Å². The first-order valence-corrected chi connectivity index (χ1v) is 7.61. The molecule has 1 aliphatic heterocycles. The molecule has 1 heterocycles. The fourth-order valence-corrected chi connectivity index (χ4v) is 3.04. The Morgan fingerprint density at radius 3 is 2.40 bits per heavy atom. The number of nitrogens with one attached hydrogen (secondary N) is 1. The molecule has 1 aromatic rings. The second-order valence-electron chi connectivity index (χ2n) is 6.16. The quantitative estimate of drug-likeness (QED) is 0.915. The standard InChI is InChI=1S/C17H28N2O/c1-12-6-7-16(8-13(12)2)17(18-5)11-19-9-14(3)20-15(4)10-19/h6-8,14-15,17-18H,9-11H2,1-5H3. The highest BCUT2D eigenvalue weighted by Gasteiger charge is 2.24. The maximum Gasteiger partial charge on any atom is 0.0678 e. The van der Waals surface area contributed by atoms with Gasteiger partial charge in [-0.05, 0) is 51.4 Å². The number of nitrogens with zero attached hydrogens (tertiary/aromatic N) is 1. The van der Waals surface area contributed by atoms with Crippen molar-refractivity contribution in [1.82, 2.24) is 10.2 Å². The molecule has 112 valence electrons. The zero-order chi connectivity index (χ0) is 14.7. The summed E-state index contributed by atoms with van der Waals surface area (Å²) in [5, 5.41) is 3.46. The molecule has 0 saturated carbocycles. The Kier molecular flexibility index (Phi) is 5.19. The van der Waals surface area contributed by atoms with Gasteiger partial charge in [0.05, 0.1) is 12.2 Å². The lowest BCUT2D eigenvalue weighted by atomic mass is 10.0. The maximum absolute atomic E-state index is 5.81. The number of aryl methyl sites for hydroxylation is 2. The van der Waals surface area contributed by atoms with E-state index in [9.17, 15) is 0 Å². The largest absolute Gasteiger partial charge is 0.373 e. The first kappa shape index (κ1) is 15.5. The minimum absolute atomic E-state index is 0.330. The summed E-state index contributed by atoms with van der Waals surface area (Å²) >= 11 is 0. The van der Waals surface area contributed by atoms with Crippen LogP contribution in [0.1, 0.15) is 36.6 Å². The topological polar surface area (TPSA) is 24.5 Å². The predicted molar refractivity (Wildman–Crippen MR) is 84.2 cm³/mol. The molecule has 0 spiro atoms. The van der Waals surface area contributed by atoms with Gasteiger partial charge in [0.1, 0.15) is 0 Å². The second kappa shape index (κ2) is 6.70. The summed E-state index contributed by atoms with van der Waals surface area (Å²) in [6.45, 7) is 11.8. The van der Waals surface area contributed by atoms with Crippen LogP contribution < -0.4 is 5.32 Å². The molecule has 3 atom stereocenters. The number of morpholine rings is 1. The molecule has 0 bridgehead atoms. The number of likely N-dealkylation sites (N-methyl/N-ethyl adjacent to an activating group) is 1. The van der Waals surface area contributed by atoms with Crippen molar-refractivity contribution in [2.24, 2.45) is 0 Å². The predicted octanol–water partition coefficient (Wildman–Crippen LogP) is 2.67. The Bertz CT molecular complexity index is 437. The monoisotopic (exact) mass is 276 g/mol. The van der Waals surface area contributed by atoms with E-state index in [1.807, 2.05) is 7.05 Å². The Morgan fingerprint density at radius 1 is 1.20 bits per heavy atom. The van der Waals surface area contributed by atoms with Crippen LogP contribution in [0.4, 0.5) is 0 Å². The van der Waals surface area contributed by atoms with E-state index >= 15 is 0 Å². The van der Waals surface area contributed by atoms with Crippen LogP contribution in [-0.2, 0) is 4.74 Å². The number of rotatable bonds is 4. The van der Waals surface area contributed by atoms with Crippen molar-refractivity contribution >= 4 is 0 Å². The number of hydrogen-bond acceptors (Lipinski definition) is 3. The van der Waals surface area contributed by atoms with Crippen molar-refractivity contribution in [2.75, 3.05) is 26.7 Å². The molecule has 0 radical (unpaired) electrons. The van der Waals surface area contributed by atoms with Crippen molar-refractivity contribution in [3.63, 3.8) is 0 Å². The van der Waals surface area contributed by atoms with Gasteiger partial charge in [-0.25, -0.2) is 0 Å². The zero-order valence-corrected chi connectivity index (χ0v) is 13.4. The minimum Gasteiger partial charge on any atom is -0.373 e. The van der Waals surface area contributed by atoms with Crippen LogP contribution in [0.2, 0.25) is 0 Å². The molecule has 20 heavy (non-hydrogen) atoms. The molecule has 1 fully saturated rings. The Labute approximate surface area is 123 Å². The molecule has 0 aliphatic carbocycles. The van der Waals surface area contributed by atoms with E-state index in [0.717, 1.165) is 19.6 Å². The van der Waals surface area contributed by atoms with Gasteiger partial charge in [-0.15, -0.1) is 0 Å². The highest BCUT2D eigenvalue weighted by atomic mass is 16.5. The molecule has 1 saturated heterocycles. The van der Waals surface area contributed by atoms with Crippen molar-refractivity contribution in [3.8, 4) is 0 Å². The summed E-state index contributed by atoms with van der Waals surface area (Å²) in [5.41, 5.74) is 4.10. The lowest BCUT2D eigenvalue weighted by Crippen LogP contribution is -2.48. The van der Waals surface area contributed by atoms with Crippen LogP contribution in [0.3, 0.4) is 0 Å². The first-order chi connectivity index (χ1) is 9.49. The maximum atomic E-state index is 5.81. The number of hydrogen-bond donors (Lipinski definition) is 1. The van der Waals surface area contributed by atoms with E-state index in [2.05, 4.69) is 56.1 Å². The number of ether oxygens (including phenoxy) is 1. The average Bonchev–Trinajstić information content (AvgIpc) is 2.38. The minimum atomic E-state index is 0.330. The fourth-order valence-electron chi connectivity index (χ4n) is 3.04. The fraction of sp³-hybridized carbons (Fsp3) is 0.647. The van der Waals surface area contributed by atoms with Crippen LogP contribution >= 0.6 is 0 Å². The summed E-state index contributed by atoms with van der Waals surface area (Å²) in [4.78, 5) is 2.51. The lowest BCUT2D eigenvalue weighted by Gasteiger charge is -2.37. The van der Waals surface area contributed by atoms with Gasteiger partial charge < -0.3 is 10.1 Å². The van der Waals surface area contributed by atoms with Crippen molar-refractivity contribution in [3.05, 3.63) is 34.9 Å². The molecule has 1 aromatic carbocycles. The van der Waals surface area contributed by atoms with Gasteiger partial charge in [-0.1, -0.05) is 18.2 Å². The van der Waals surface area contributed by atoms with E-state index in [4.69, 9.17) is 4.74 Å². The second-order valence-corrected chi connectivity index (χ2v) is 6.16. The van der Waals surface area contributed by atoms with Crippen LogP contribution in [-0.4, -0.2) is 43.8 Å². The molecule has 0 amide bonds. The molecular formula is C17H28N2O. The highest BCUT2D eigenvalue weighted by Crippen LogP contribution is 2.20. The van der Waals surface area contributed by atoms with Gasteiger partial charge in [0.15, 0.2) is 0 Å². The van der Waals surface area contributed by atoms with Gasteiger partial charge >= 0.3 is 0 Å². The van der Waals surface area contributed by atoms with E-state index < -0.39 is 0 Å². The zero-order valence-electron chi connectivity index (χ0n) is 13.4. The van der Waals surface area contributed by atoms with Gasteiger partial charge in [0.25, 0.3) is 0 Å². The van der Waals surface area contributed by atoms with E-state index in [-0.39, 0.29) is 0 Å². The Morgan fingerprint density at radius 2 is 1.85 bits per heavy atom. The number of benzene rings is 1. The molecule has 3 nitrogen and oxygen atoms in total. The molecule has 0 aromatic heterocycles. The third kappa shape index (κ3) is 3.81. The van der Waals surface area contributed by atoms with Gasteiger partial charge in [0.2, 0.25) is 0 Å². The molecule has 3 heteroatoms.